The molecule has 0 saturated heterocycles. The van der Waals surface area contributed by atoms with Crippen molar-refractivity contribution in [1.29, 1.82) is 0 Å². The minimum atomic E-state index is -0.258. The Kier molecular flexibility index (Phi) is 4.49. The van der Waals surface area contributed by atoms with E-state index in [9.17, 15) is 4.39 Å². The van der Waals surface area contributed by atoms with Gasteiger partial charge in [-0.15, -0.1) is 11.6 Å². The van der Waals surface area contributed by atoms with Gasteiger partial charge in [0.25, 0.3) is 0 Å². The zero-order valence-corrected chi connectivity index (χ0v) is 13.9. The van der Waals surface area contributed by atoms with E-state index in [0.29, 0.717) is 5.88 Å². The number of aromatic nitrogens is 2. The van der Waals surface area contributed by atoms with Crippen molar-refractivity contribution in [3.05, 3.63) is 71.8 Å². The van der Waals surface area contributed by atoms with Crippen molar-refractivity contribution in [3.63, 3.8) is 0 Å². The van der Waals surface area contributed by atoms with E-state index >= 15 is 0 Å². The van der Waals surface area contributed by atoms with Crippen LogP contribution in [-0.4, -0.2) is 9.55 Å². The maximum absolute atomic E-state index is 13.3. The Labute approximate surface area is 140 Å². The molecule has 0 unspecified atom stereocenters. The first kappa shape index (κ1) is 15.8. The van der Waals surface area contributed by atoms with Gasteiger partial charge in [0.05, 0.1) is 17.3 Å². The number of rotatable bonds is 4. The average molecular weight is 329 g/mol. The van der Waals surface area contributed by atoms with Gasteiger partial charge in [0, 0.05) is 11.3 Å². The first-order valence-corrected chi connectivity index (χ1v) is 8.14. The Balaban J connectivity index is 2.28. The predicted molar refractivity (Wildman–Crippen MR) is 92.6 cm³/mol. The predicted octanol–water partition coefficient (Wildman–Crippen LogP) is 5.54. The fourth-order valence-corrected chi connectivity index (χ4v) is 2.97. The fraction of sp³-hybridized carbons (Fsp3) is 0.211. The second kappa shape index (κ2) is 6.55. The lowest BCUT2D eigenvalue weighted by molar-refractivity contribution is 0.627. The maximum Gasteiger partial charge on any atom is 0.145 e. The highest BCUT2D eigenvalue weighted by Gasteiger charge is 2.20. The van der Waals surface area contributed by atoms with Gasteiger partial charge >= 0.3 is 0 Å². The van der Waals surface area contributed by atoms with Crippen molar-refractivity contribution in [2.75, 3.05) is 0 Å². The van der Waals surface area contributed by atoms with Crippen molar-refractivity contribution < 1.29 is 4.39 Å². The van der Waals surface area contributed by atoms with Gasteiger partial charge in [-0.25, -0.2) is 9.37 Å². The van der Waals surface area contributed by atoms with Crippen molar-refractivity contribution in [2.45, 2.75) is 25.6 Å². The van der Waals surface area contributed by atoms with Gasteiger partial charge in [-0.3, -0.25) is 4.57 Å². The molecule has 1 aromatic heterocycles. The van der Waals surface area contributed by atoms with Crippen LogP contribution in [0.4, 0.5) is 4.39 Å². The van der Waals surface area contributed by atoms with Crippen LogP contribution in [0.15, 0.2) is 54.6 Å². The summed E-state index contributed by atoms with van der Waals surface area (Å²) < 4.78 is 15.3. The van der Waals surface area contributed by atoms with Crippen molar-refractivity contribution in [3.8, 4) is 17.1 Å². The Morgan fingerprint density at radius 1 is 1.04 bits per heavy atom. The van der Waals surface area contributed by atoms with E-state index in [1.54, 1.807) is 12.1 Å². The summed E-state index contributed by atoms with van der Waals surface area (Å²) in [7, 11) is 0. The van der Waals surface area contributed by atoms with E-state index in [4.69, 9.17) is 16.6 Å². The summed E-state index contributed by atoms with van der Waals surface area (Å²) in [5, 5.41) is 0. The highest BCUT2D eigenvalue weighted by atomic mass is 35.5. The van der Waals surface area contributed by atoms with Gasteiger partial charge in [-0.05, 0) is 30.2 Å². The molecule has 3 rings (SSSR count). The molecule has 0 bridgehead atoms. The van der Waals surface area contributed by atoms with Crippen LogP contribution >= 0.6 is 11.6 Å². The van der Waals surface area contributed by atoms with Crippen molar-refractivity contribution in [2.24, 2.45) is 0 Å². The molecule has 0 saturated carbocycles. The van der Waals surface area contributed by atoms with Gasteiger partial charge in [0.2, 0.25) is 0 Å². The number of halogens is 2. The number of hydrogen-bond acceptors (Lipinski definition) is 1. The molecule has 0 N–H and O–H groups in total. The summed E-state index contributed by atoms with van der Waals surface area (Å²) in [4.78, 5) is 4.83. The van der Waals surface area contributed by atoms with E-state index in [-0.39, 0.29) is 11.7 Å². The second-order valence-electron chi connectivity index (χ2n) is 5.73. The first-order valence-electron chi connectivity index (χ1n) is 7.60. The summed E-state index contributed by atoms with van der Waals surface area (Å²) in [6.07, 6.45) is 0. The molecule has 0 aliphatic rings. The van der Waals surface area contributed by atoms with E-state index < -0.39 is 0 Å². The van der Waals surface area contributed by atoms with Crippen LogP contribution in [0, 0.1) is 5.82 Å². The minimum absolute atomic E-state index is 0.257. The zero-order valence-electron chi connectivity index (χ0n) is 13.1. The maximum atomic E-state index is 13.3. The van der Waals surface area contributed by atoms with E-state index in [0.717, 1.165) is 28.5 Å². The van der Waals surface area contributed by atoms with Gasteiger partial charge in [-0.1, -0.05) is 44.2 Å². The lowest BCUT2D eigenvalue weighted by atomic mass is 10.1. The van der Waals surface area contributed by atoms with Crippen LogP contribution in [0.25, 0.3) is 17.1 Å². The topological polar surface area (TPSA) is 17.8 Å². The third-order valence-electron chi connectivity index (χ3n) is 3.79. The Hall–Kier alpha value is -2.13. The molecule has 118 valence electrons. The average Bonchev–Trinajstić information content (AvgIpc) is 2.96. The van der Waals surface area contributed by atoms with Gasteiger partial charge in [0.15, 0.2) is 0 Å². The molecular formula is C19H18ClFN2. The Bertz CT molecular complexity index is 792. The highest BCUT2D eigenvalue weighted by molar-refractivity contribution is 6.17. The quantitative estimate of drug-likeness (QED) is 0.575. The van der Waals surface area contributed by atoms with Crippen molar-refractivity contribution in [1.82, 2.24) is 9.55 Å². The molecule has 0 aliphatic carbocycles. The van der Waals surface area contributed by atoms with Gasteiger partial charge in [0.1, 0.15) is 11.6 Å². The number of benzene rings is 2. The van der Waals surface area contributed by atoms with Crippen LogP contribution in [-0.2, 0) is 5.88 Å². The van der Waals surface area contributed by atoms with Crippen LogP contribution in [0.5, 0.6) is 0 Å². The molecule has 0 amide bonds. The summed E-state index contributed by atoms with van der Waals surface area (Å²) in [5.74, 6) is 1.18. The molecular weight excluding hydrogens is 311 g/mol. The molecule has 2 nitrogen and oxygen atoms in total. The molecule has 0 radical (unpaired) electrons. The van der Waals surface area contributed by atoms with E-state index in [2.05, 4.69) is 13.8 Å². The Morgan fingerprint density at radius 3 is 2.26 bits per heavy atom. The van der Waals surface area contributed by atoms with Crippen LogP contribution in [0.3, 0.4) is 0 Å². The van der Waals surface area contributed by atoms with E-state index in [1.165, 1.54) is 12.1 Å². The monoisotopic (exact) mass is 328 g/mol. The molecule has 4 heteroatoms. The number of alkyl halides is 1. The normalized spacial score (nSPS) is 11.2. The largest absolute Gasteiger partial charge is 0.295 e. The molecule has 0 fully saturated rings. The molecule has 0 spiro atoms. The summed E-state index contributed by atoms with van der Waals surface area (Å²) in [6.45, 7) is 4.20. The van der Waals surface area contributed by atoms with Gasteiger partial charge in [-0.2, -0.15) is 0 Å². The lowest BCUT2D eigenvalue weighted by Crippen LogP contribution is -2.03. The SMILES string of the molecule is CC(C)c1nc(-c2ccccc2)n(-c2ccc(F)cc2)c1CCl. The first-order chi connectivity index (χ1) is 11.1. The number of imidazole rings is 1. The van der Waals surface area contributed by atoms with Crippen LogP contribution < -0.4 is 0 Å². The zero-order chi connectivity index (χ0) is 16.4. The lowest BCUT2D eigenvalue weighted by Gasteiger charge is -2.12. The summed E-state index contributed by atoms with van der Waals surface area (Å²) in [6, 6.07) is 16.4. The molecule has 1 heterocycles. The minimum Gasteiger partial charge on any atom is -0.295 e. The third kappa shape index (κ3) is 3.02. The molecule has 23 heavy (non-hydrogen) atoms. The van der Waals surface area contributed by atoms with Crippen LogP contribution in [0.2, 0.25) is 0 Å². The third-order valence-corrected chi connectivity index (χ3v) is 4.05. The second-order valence-corrected chi connectivity index (χ2v) is 6.00. The molecule has 3 aromatic rings. The van der Waals surface area contributed by atoms with Crippen molar-refractivity contribution >= 4 is 11.6 Å². The van der Waals surface area contributed by atoms with Gasteiger partial charge < -0.3 is 0 Å². The number of hydrogen-bond donors (Lipinski definition) is 0. The van der Waals surface area contributed by atoms with E-state index in [1.807, 2.05) is 34.9 Å². The van der Waals surface area contributed by atoms with Crippen LogP contribution in [0.1, 0.15) is 31.2 Å². The highest BCUT2D eigenvalue weighted by Crippen LogP contribution is 2.31. The number of nitrogens with zero attached hydrogens (tertiary/aromatic N) is 2. The summed E-state index contributed by atoms with van der Waals surface area (Å²) in [5.41, 5.74) is 3.80. The fourth-order valence-electron chi connectivity index (χ4n) is 2.71. The molecule has 0 atom stereocenters. The summed E-state index contributed by atoms with van der Waals surface area (Å²) >= 11 is 6.23. The standard InChI is InChI=1S/C19H18ClFN2/c1-13(2)18-17(12-20)23(16-10-8-15(21)9-11-16)19(22-18)14-6-4-3-5-7-14/h3-11,13H,12H2,1-2H3. The Morgan fingerprint density at radius 2 is 1.70 bits per heavy atom. The molecule has 2 aromatic carbocycles. The molecule has 0 aliphatic heterocycles. The smallest absolute Gasteiger partial charge is 0.145 e.